The van der Waals surface area contributed by atoms with Crippen molar-refractivity contribution >= 4 is 11.6 Å². The maximum absolute atomic E-state index is 6.03. The van der Waals surface area contributed by atoms with E-state index in [9.17, 15) is 0 Å². The summed E-state index contributed by atoms with van der Waals surface area (Å²) in [5.74, 6) is 0.661. The SMILES string of the molecule is CCc1ccc(N=C(N)N2CCCCC2)cc1. The van der Waals surface area contributed by atoms with Gasteiger partial charge in [-0.25, -0.2) is 4.99 Å². The lowest BCUT2D eigenvalue weighted by Crippen LogP contribution is -2.40. The number of hydrogen-bond donors (Lipinski definition) is 1. The summed E-state index contributed by atoms with van der Waals surface area (Å²) in [6.45, 7) is 4.24. The molecule has 1 fully saturated rings. The fraction of sp³-hybridized carbons (Fsp3) is 0.500. The molecule has 1 aliphatic rings. The van der Waals surface area contributed by atoms with Crippen molar-refractivity contribution in [3.05, 3.63) is 29.8 Å². The van der Waals surface area contributed by atoms with E-state index in [2.05, 4.69) is 28.9 Å². The third-order valence-electron chi connectivity index (χ3n) is 3.27. The molecule has 0 unspecified atom stereocenters. The van der Waals surface area contributed by atoms with Crippen LogP contribution in [0.1, 0.15) is 31.7 Å². The minimum atomic E-state index is 0.661. The van der Waals surface area contributed by atoms with Crippen LogP contribution in [0.3, 0.4) is 0 Å². The third kappa shape index (κ3) is 3.22. The number of guanidine groups is 1. The first-order chi connectivity index (χ1) is 8.29. The van der Waals surface area contributed by atoms with Gasteiger partial charge in [0.15, 0.2) is 5.96 Å². The maximum atomic E-state index is 6.03. The topological polar surface area (TPSA) is 41.6 Å². The summed E-state index contributed by atoms with van der Waals surface area (Å²) in [7, 11) is 0. The minimum Gasteiger partial charge on any atom is -0.369 e. The van der Waals surface area contributed by atoms with E-state index in [1.807, 2.05) is 12.1 Å². The molecule has 17 heavy (non-hydrogen) atoms. The molecule has 0 aromatic heterocycles. The first kappa shape index (κ1) is 12.0. The van der Waals surface area contributed by atoms with Crippen molar-refractivity contribution in [3.8, 4) is 0 Å². The van der Waals surface area contributed by atoms with Gasteiger partial charge in [-0.15, -0.1) is 0 Å². The van der Waals surface area contributed by atoms with Crippen LogP contribution < -0.4 is 5.73 Å². The Bertz CT molecular complexity index is 375. The van der Waals surface area contributed by atoms with E-state index in [0.29, 0.717) is 5.96 Å². The van der Waals surface area contributed by atoms with Crippen molar-refractivity contribution < 1.29 is 0 Å². The zero-order valence-electron chi connectivity index (χ0n) is 10.5. The number of nitrogens with zero attached hydrogens (tertiary/aromatic N) is 2. The highest BCUT2D eigenvalue weighted by Gasteiger charge is 2.11. The van der Waals surface area contributed by atoms with Crippen molar-refractivity contribution in [2.24, 2.45) is 10.7 Å². The number of rotatable bonds is 2. The molecular formula is C14H21N3. The van der Waals surface area contributed by atoms with E-state index in [-0.39, 0.29) is 0 Å². The van der Waals surface area contributed by atoms with E-state index in [1.54, 1.807) is 0 Å². The van der Waals surface area contributed by atoms with Crippen LogP contribution in [0.5, 0.6) is 0 Å². The van der Waals surface area contributed by atoms with Crippen LogP contribution in [-0.4, -0.2) is 23.9 Å². The average Bonchev–Trinajstić information content (AvgIpc) is 2.40. The second-order valence-electron chi connectivity index (χ2n) is 4.54. The van der Waals surface area contributed by atoms with Crippen LogP contribution in [0.4, 0.5) is 5.69 Å². The molecule has 92 valence electrons. The summed E-state index contributed by atoms with van der Waals surface area (Å²) in [5.41, 5.74) is 8.31. The molecular weight excluding hydrogens is 210 g/mol. The molecule has 0 radical (unpaired) electrons. The van der Waals surface area contributed by atoms with Gasteiger partial charge in [-0.3, -0.25) is 0 Å². The maximum Gasteiger partial charge on any atom is 0.196 e. The van der Waals surface area contributed by atoms with Gasteiger partial charge in [0.25, 0.3) is 0 Å². The Hall–Kier alpha value is -1.51. The van der Waals surface area contributed by atoms with Crippen molar-refractivity contribution in [2.75, 3.05) is 13.1 Å². The summed E-state index contributed by atoms with van der Waals surface area (Å²) < 4.78 is 0. The summed E-state index contributed by atoms with van der Waals surface area (Å²) in [6.07, 6.45) is 4.83. The second kappa shape index (κ2) is 5.71. The molecule has 1 aromatic carbocycles. The molecule has 0 bridgehead atoms. The van der Waals surface area contributed by atoms with Crippen LogP contribution in [0.2, 0.25) is 0 Å². The Morgan fingerprint density at radius 2 is 1.82 bits per heavy atom. The molecule has 0 amide bonds. The summed E-state index contributed by atoms with van der Waals surface area (Å²) >= 11 is 0. The lowest BCUT2D eigenvalue weighted by atomic mass is 10.1. The van der Waals surface area contributed by atoms with E-state index in [1.165, 1.54) is 24.8 Å². The number of hydrogen-bond acceptors (Lipinski definition) is 1. The van der Waals surface area contributed by atoms with Crippen LogP contribution in [-0.2, 0) is 6.42 Å². The Morgan fingerprint density at radius 3 is 2.41 bits per heavy atom. The Labute approximate surface area is 103 Å². The molecule has 2 N–H and O–H groups in total. The Morgan fingerprint density at radius 1 is 1.18 bits per heavy atom. The summed E-state index contributed by atoms with van der Waals surface area (Å²) in [5, 5.41) is 0. The van der Waals surface area contributed by atoms with Crippen LogP contribution in [0.25, 0.3) is 0 Å². The largest absolute Gasteiger partial charge is 0.369 e. The van der Waals surface area contributed by atoms with Gasteiger partial charge in [0.1, 0.15) is 0 Å². The van der Waals surface area contributed by atoms with E-state index in [4.69, 9.17) is 5.73 Å². The predicted octanol–water partition coefficient (Wildman–Crippen LogP) is 2.68. The highest BCUT2D eigenvalue weighted by atomic mass is 15.2. The molecule has 1 saturated heterocycles. The smallest absolute Gasteiger partial charge is 0.196 e. The van der Waals surface area contributed by atoms with E-state index < -0.39 is 0 Å². The van der Waals surface area contributed by atoms with Crippen molar-refractivity contribution in [1.82, 2.24) is 4.90 Å². The number of aryl methyl sites for hydroxylation is 1. The first-order valence-electron chi connectivity index (χ1n) is 6.47. The second-order valence-corrected chi connectivity index (χ2v) is 4.54. The van der Waals surface area contributed by atoms with Crippen LogP contribution >= 0.6 is 0 Å². The molecule has 0 saturated carbocycles. The third-order valence-corrected chi connectivity index (χ3v) is 3.27. The standard InChI is InChI=1S/C14H21N3/c1-2-12-6-8-13(9-7-12)16-14(15)17-10-4-3-5-11-17/h6-9H,2-5,10-11H2,1H3,(H2,15,16). The van der Waals surface area contributed by atoms with Gasteiger partial charge in [0, 0.05) is 13.1 Å². The lowest BCUT2D eigenvalue weighted by Gasteiger charge is -2.27. The molecule has 2 rings (SSSR count). The van der Waals surface area contributed by atoms with Crippen LogP contribution in [0, 0.1) is 0 Å². The van der Waals surface area contributed by atoms with Crippen molar-refractivity contribution in [1.29, 1.82) is 0 Å². The number of aliphatic imine (C=N–C) groups is 1. The van der Waals surface area contributed by atoms with E-state index >= 15 is 0 Å². The lowest BCUT2D eigenvalue weighted by molar-refractivity contribution is 0.339. The zero-order chi connectivity index (χ0) is 12.1. The van der Waals surface area contributed by atoms with Gasteiger partial charge in [-0.05, 0) is 43.4 Å². The van der Waals surface area contributed by atoms with Gasteiger partial charge >= 0.3 is 0 Å². The van der Waals surface area contributed by atoms with E-state index in [0.717, 1.165) is 25.2 Å². The molecule has 0 aliphatic carbocycles. The molecule has 3 nitrogen and oxygen atoms in total. The molecule has 0 atom stereocenters. The van der Waals surface area contributed by atoms with Crippen molar-refractivity contribution in [3.63, 3.8) is 0 Å². The average molecular weight is 231 g/mol. The van der Waals surface area contributed by atoms with Gasteiger partial charge in [0.05, 0.1) is 5.69 Å². The van der Waals surface area contributed by atoms with Gasteiger partial charge in [-0.1, -0.05) is 19.1 Å². The molecule has 0 spiro atoms. The highest BCUT2D eigenvalue weighted by Crippen LogP contribution is 2.15. The highest BCUT2D eigenvalue weighted by molar-refractivity contribution is 5.81. The van der Waals surface area contributed by atoms with Gasteiger partial charge < -0.3 is 10.6 Å². The van der Waals surface area contributed by atoms with Crippen molar-refractivity contribution in [2.45, 2.75) is 32.6 Å². The quantitative estimate of drug-likeness (QED) is 0.628. The molecule has 1 aromatic rings. The van der Waals surface area contributed by atoms with Gasteiger partial charge in [0.2, 0.25) is 0 Å². The summed E-state index contributed by atoms with van der Waals surface area (Å²) in [4.78, 5) is 6.66. The minimum absolute atomic E-state index is 0.661. The number of nitrogens with two attached hydrogens (primary N) is 1. The fourth-order valence-electron chi connectivity index (χ4n) is 2.13. The number of likely N-dealkylation sites (tertiary alicyclic amines) is 1. The molecule has 3 heteroatoms. The fourth-order valence-corrected chi connectivity index (χ4v) is 2.13. The Balaban J connectivity index is 2.05. The molecule has 1 heterocycles. The Kier molecular flexibility index (Phi) is 4.02. The summed E-state index contributed by atoms with van der Waals surface area (Å²) in [6, 6.07) is 8.30. The zero-order valence-corrected chi connectivity index (χ0v) is 10.5. The monoisotopic (exact) mass is 231 g/mol. The number of piperidine rings is 1. The van der Waals surface area contributed by atoms with Crippen LogP contribution in [0.15, 0.2) is 29.3 Å². The number of benzene rings is 1. The van der Waals surface area contributed by atoms with Gasteiger partial charge in [-0.2, -0.15) is 0 Å². The normalized spacial score (nSPS) is 17.2. The predicted molar refractivity (Wildman–Crippen MR) is 72.5 cm³/mol. The molecule has 1 aliphatic heterocycles. The first-order valence-corrected chi connectivity index (χ1v) is 6.47.